The Kier molecular flexibility index (Phi) is 3.92. The summed E-state index contributed by atoms with van der Waals surface area (Å²) in [6, 6.07) is 5.77. The first-order valence-corrected chi connectivity index (χ1v) is 5.93. The van der Waals surface area contributed by atoms with Crippen molar-refractivity contribution in [3.05, 3.63) is 42.1 Å². The standard InChI is InChI=1S/C13H15N5/c1-2-5-15-13-9-16-11(8-17-13)10-18-6-3-4-12(18)7-14/h3-4,6,8-9H,2,5,10H2,1H3,(H,15,17). The van der Waals surface area contributed by atoms with E-state index in [1.165, 1.54) is 0 Å². The Labute approximate surface area is 106 Å². The Morgan fingerprint density at radius 3 is 2.94 bits per heavy atom. The lowest BCUT2D eigenvalue weighted by atomic mass is 10.4. The number of anilines is 1. The average molecular weight is 241 g/mol. The molecule has 2 rings (SSSR count). The highest BCUT2D eigenvalue weighted by molar-refractivity contribution is 5.31. The van der Waals surface area contributed by atoms with Gasteiger partial charge >= 0.3 is 0 Å². The molecule has 0 aliphatic heterocycles. The van der Waals surface area contributed by atoms with E-state index in [-0.39, 0.29) is 0 Å². The average Bonchev–Trinajstić information content (AvgIpc) is 2.85. The second-order valence-corrected chi connectivity index (χ2v) is 3.95. The van der Waals surface area contributed by atoms with Gasteiger partial charge in [-0.25, -0.2) is 4.98 Å². The summed E-state index contributed by atoms with van der Waals surface area (Å²) in [4.78, 5) is 8.61. The van der Waals surface area contributed by atoms with Crippen molar-refractivity contribution in [3.8, 4) is 6.07 Å². The Balaban J connectivity index is 2.04. The smallest absolute Gasteiger partial charge is 0.144 e. The van der Waals surface area contributed by atoms with Crippen molar-refractivity contribution in [2.24, 2.45) is 0 Å². The first-order chi connectivity index (χ1) is 8.83. The molecule has 0 saturated heterocycles. The minimum absolute atomic E-state index is 0.566. The third-order valence-corrected chi connectivity index (χ3v) is 2.54. The van der Waals surface area contributed by atoms with Crippen LogP contribution in [0.15, 0.2) is 30.7 Å². The van der Waals surface area contributed by atoms with E-state index in [1.807, 2.05) is 16.8 Å². The van der Waals surface area contributed by atoms with Crippen LogP contribution in [0.5, 0.6) is 0 Å². The van der Waals surface area contributed by atoms with E-state index in [9.17, 15) is 0 Å². The molecule has 0 aliphatic rings. The van der Waals surface area contributed by atoms with Crippen molar-refractivity contribution in [2.45, 2.75) is 19.9 Å². The Bertz CT molecular complexity index is 535. The van der Waals surface area contributed by atoms with Crippen molar-refractivity contribution in [1.29, 1.82) is 5.26 Å². The van der Waals surface area contributed by atoms with Gasteiger partial charge in [0, 0.05) is 12.7 Å². The third kappa shape index (κ3) is 2.86. The number of aromatic nitrogens is 3. The van der Waals surface area contributed by atoms with Gasteiger partial charge in [-0.2, -0.15) is 5.26 Å². The molecule has 0 atom stereocenters. The fourth-order valence-corrected chi connectivity index (χ4v) is 1.61. The second-order valence-electron chi connectivity index (χ2n) is 3.95. The molecule has 0 aromatic carbocycles. The second kappa shape index (κ2) is 5.82. The molecule has 0 unspecified atom stereocenters. The van der Waals surface area contributed by atoms with Gasteiger partial charge in [0.05, 0.1) is 24.6 Å². The number of nitriles is 1. The molecular formula is C13H15N5. The van der Waals surface area contributed by atoms with Crippen LogP contribution in [-0.2, 0) is 6.54 Å². The van der Waals surface area contributed by atoms with Crippen LogP contribution in [0, 0.1) is 11.3 Å². The molecule has 0 radical (unpaired) electrons. The minimum Gasteiger partial charge on any atom is -0.369 e. The molecule has 0 fully saturated rings. The van der Waals surface area contributed by atoms with E-state index >= 15 is 0 Å². The monoisotopic (exact) mass is 241 g/mol. The quantitative estimate of drug-likeness (QED) is 0.869. The maximum absolute atomic E-state index is 8.91. The van der Waals surface area contributed by atoms with E-state index in [0.29, 0.717) is 12.2 Å². The Morgan fingerprint density at radius 1 is 1.39 bits per heavy atom. The van der Waals surface area contributed by atoms with Gasteiger partial charge in [-0.15, -0.1) is 0 Å². The van der Waals surface area contributed by atoms with Crippen molar-refractivity contribution < 1.29 is 0 Å². The van der Waals surface area contributed by atoms with Crippen LogP contribution in [0.4, 0.5) is 5.82 Å². The summed E-state index contributed by atoms with van der Waals surface area (Å²) in [6.07, 6.45) is 6.38. The molecule has 0 saturated carbocycles. The lowest BCUT2D eigenvalue weighted by Gasteiger charge is -2.06. The fourth-order valence-electron chi connectivity index (χ4n) is 1.61. The SMILES string of the molecule is CCCNc1cnc(Cn2cccc2C#N)cn1. The predicted octanol–water partition coefficient (Wildman–Crippen LogP) is 2.02. The molecule has 1 N–H and O–H groups in total. The zero-order chi connectivity index (χ0) is 12.8. The summed E-state index contributed by atoms with van der Waals surface area (Å²) in [7, 11) is 0. The van der Waals surface area contributed by atoms with Crippen LogP contribution in [0.2, 0.25) is 0 Å². The number of rotatable bonds is 5. The van der Waals surface area contributed by atoms with E-state index in [1.54, 1.807) is 18.5 Å². The third-order valence-electron chi connectivity index (χ3n) is 2.54. The highest BCUT2D eigenvalue weighted by atomic mass is 15.0. The van der Waals surface area contributed by atoms with Gasteiger partial charge in [0.1, 0.15) is 17.6 Å². The van der Waals surface area contributed by atoms with Crippen LogP contribution >= 0.6 is 0 Å². The molecular weight excluding hydrogens is 226 g/mol. The molecule has 18 heavy (non-hydrogen) atoms. The van der Waals surface area contributed by atoms with Crippen LogP contribution in [0.3, 0.4) is 0 Å². The van der Waals surface area contributed by atoms with Gasteiger partial charge in [0.25, 0.3) is 0 Å². The zero-order valence-electron chi connectivity index (χ0n) is 10.3. The van der Waals surface area contributed by atoms with Crippen molar-refractivity contribution in [3.63, 3.8) is 0 Å². The highest BCUT2D eigenvalue weighted by Crippen LogP contribution is 2.06. The fraction of sp³-hybridized carbons (Fsp3) is 0.308. The summed E-state index contributed by atoms with van der Waals surface area (Å²) in [5, 5.41) is 12.1. The summed E-state index contributed by atoms with van der Waals surface area (Å²) in [5.41, 5.74) is 1.47. The lowest BCUT2D eigenvalue weighted by molar-refractivity contribution is 0.764. The number of hydrogen-bond acceptors (Lipinski definition) is 4. The molecule has 2 aromatic rings. The largest absolute Gasteiger partial charge is 0.369 e. The molecule has 0 bridgehead atoms. The van der Waals surface area contributed by atoms with Crippen LogP contribution in [0.1, 0.15) is 24.7 Å². The molecule has 92 valence electrons. The van der Waals surface area contributed by atoms with E-state index in [0.717, 1.165) is 24.5 Å². The van der Waals surface area contributed by atoms with Crippen molar-refractivity contribution in [1.82, 2.24) is 14.5 Å². The minimum atomic E-state index is 0.566. The summed E-state index contributed by atoms with van der Waals surface area (Å²) in [6.45, 7) is 3.56. The number of nitrogens with zero attached hydrogens (tertiary/aromatic N) is 4. The summed E-state index contributed by atoms with van der Waals surface area (Å²) >= 11 is 0. The summed E-state index contributed by atoms with van der Waals surface area (Å²) < 4.78 is 1.85. The normalized spacial score (nSPS) is 10.0. The Hall–Kier alpha value is -2.35. The van der Waals surface area contributed by atoms with Gasteiger partial charge < -0.3 is 9.88 Å². The Morgan fingerprint density at radius 2 is 2.28 bits per heavy atom. The van der Waals surface area contributed by atoms with Crippen LogP contribution in [-0.4, -0.2) is 21.1 Å². The highest BCUT2D eigenvalue weighted by Gasteiger charge is 2.02. The predicted molar refractivity (Wildman–Crippen MR) is 69.1 cm³/mol. The van der Waals surface area contributed by atoms with E-state index < -0.39 is 0 Å². The molecule has 0 aliphatic carbocycles. The number of hydrogen-bond donors (Lipinski definition) is 1. The van der Waals surface area contributed by atoms with Crippen molar-refractivity contribution >= 4 is 5.82 Å². The maximum Gasteiger partial charge on any atom is 0.144 e. The zero-order valence-corrected chi connectivity index (χ0v) is 10.3. The molecule has 0 spiro atoms. The maximum atomic E-state index is 8.91. The van der Waals surface area contributed by atoms with Crippen molar-refractivity contribution in [2.75, 3.05) is 11.9 Å². The first kappa shape index (κ1) is 12.1. The van der Waals surface area contributed by atoms with Gasteiger partial charge in [-0.05, 0) is 18.6 Å². The lowest BCUT2D eigenvalue weighted by Crippen LogP contribution is -2.06. The number of nitrogens with one attached hydrogen (secondary N) is 1. The molecule has 2 aromatic heterocycles. The topological polar surface area (TPSA) is 66.5 Å². The van der Waals surface area contributed by atoms with Crippen LogP contribution < -0.4 is 5.32 Å². The molecule has 5 heteroatoms. The van der Waals surface area contributed by atoms with E-state index in [2.05, 4.69) is 28.3 Å². The first-order valence-electron chi connectivity index (χ1n) is 5.93. The van der Waals surface area contributed by atoms with Gasteiger partial charge in [-0.1, -0.05) is 6.92 Å². The van der Waals surface area contributed by atoms with E-state index in [4.69, 9.17) is 5.26 Å². The van der Waals surface area contributed by atoms with Gasteiger partial charge in [0.15, 0.2) is 0 Å². The molecule has 5 nitrogen and oxygen atoms in total. The van der Waals surface area contributed by atoms with Gasteiger partial charge in [0.2, 0.25) is 0 Å². The van der Waals surface area contributed by atoms with Gasteiger partial charge in [-0.3, -0.25) is 4.98 Å². The molecule has 0 amide bonds. The molecule has 2 heterocycles. The van der Waals surface area contributed by atoms with Crippen LogP contribution in [0.25, 0.3) is 0 Å². The summed E-state index contributed by atoms with van der Waals surface area (Å²) in [5.74, 6) is 0.786.